The van der Waals surface area contributed by atoms with Crippen molar-refractivity contribution in [3.05, 3.63) is 70.8 Å². The van der Waals surface area contributed by atoms with Crippen molar-refractivity contribution in [2.24, 2.45) is 0 Å². The van der Waals surface area contributed by atoms with Gasteiger partial charge < -0.3 is 9.64 Å². The first-order valence-corrected chi connectivity index (χ1v) is 7.84. The van der Waals surface area contributed by atoms with E-state index in [1.54, 1.807) is 0 Å². The molecule has 0 heterocycles. The Hall–Kier alpha value is -2.39. The first kappa shape index (κ1) is 15.5. The summed E-state index contributed by atoms with van der Waals surface area (Å²) in [5.74, 6) is 1.00. The zero-order chi connectivity index (χ0) is 16.2. The quantitative estimate of drug-likeness (QED) is 0.792. The lowest BCUT2D eigenvalue weighted by molar-refractivity contribution is 0.104. The second kappa shape index (κ2) is 6.80. The number of nitrogens with zero attached hydrogens (tertiary/aromatic N) is 1. The molecule has 0 amide bonds. The standard InChI is InChI=1S/C20H21NO2/c1-21(2)11-12-23-18-9-7-15(8-10-18)13-17-14-16-5-3-4-6-19(16)20(17)22/h3-10,13H,11-12,14H2,1-2H3. The van der Waals surface area contributed by atoms with Crippen LogP contribution in [0.25, 0.3) is 6.08 Å². The van der Waals surface area contributed by atoms with Gasteiger partial charge in [0.15, 0.2) is 5.78 Å². The van der Waals surface area contributed by atoms with Crippen LogP contribution in [0, 0.1) is 0 Å². The van der Waals surface area contributed by atoms with E-state index in [-0.39, 0.29) is 5.78 Å². The van der Waals surface area contributed by atoms with Crippen molar-refractivity contribution in [1.82, 2.24) is 4.90 Å². The monoisotopic (exact) mass is 307 g/mol. The van der Waals surface area contributed by atoms with Crippen molar-refractivity contribution in [3.63, 3.8) is 0 Å². The van der Waals surface area contributed by atoms with Crippen molar-refractivity contribution < 1.29 is 9.53 Å². The van der Waals surface area contributed by atoms with E-state index in [4.69, 9.17) is 4.74 Å². The fourth-order valence-electron chi connectivity index (χ4n) is 2.68. The Balaban J connectivity index is 1.68. The van der Waals surface area contributed by atoms with Crippen LogP contribution in [0.1, 0.15) is 21.5 Å². The number of allylic oxidation sites excluding steroid dienone is 1. The molecule has 0 fully saturated rings. The minimum absolute atomic E-state index is 0.145. The highest BCUT2D eigenvalue weighted by Gasteiger charge is 2.23. The second-order valence-electron chi connectivity index (χ2n) is 6.05. The number of carbonyl (C=O) groups excluding carboxylic acids is 1. The summed E-state index contributed by atoms with van der Waals surface area (Å²) >= 11 is 0. The first-order chi connectivity index (χ1) is 11.1. The van der Waals surface area contributed by atoms with E-state index in [0.717, 1.165) is 41.0 Å². The van der Waals surface area contributed by atoms with Crippen molar-refractivity contribution in [2.45, 2.75) is 6.42 Å². The van der Waals surface area contributed by atoms with Crippen molar-refractivity contribution in [3.8, 4) is 5.75 Å². The summed E-state index contributed by atoms with van der Waals surface area (Å²) in [4.78, 5) is 14.5. The number of Topliss-reactive ketones (excluding diaryl/α,β-unsaturated/α-hetero) is 1. The molecule has 3 nitrogen and oxygen atoms in total. The van der Waals surface area contributed by atoms with Crippen LogP contribution in [-0.4, -0.2) is 37.9 Å². The van der Waals surface area contributed by atoms with Crippen LogP contribution in [0.2, 0.25) is 0 Å². The Bertz CT molecular complexity index is 730. The van der Waals surface area contributed by atoms with Crippen molar-refractivity contribution in [1.29, 1.82) is 0 Å². The van der Waals surface area contributed by atoms with E-state index < -0.39 is 0 Å². The van der Waals surface area contributed by atoms with Gasteiger partial charge in [-0.1, -0.05) is 36.4 Å². The summed E-state index contributed by atoms with van der Waals surface area (Å²) < 4.78 is 5.68. The molecular formula is C20H21NO2. The first-order valence-electron chi connectivity index (χ1n) is 7.84. The Morgan fingerprint density at radius 3 is 2.52 bits per heavy atom. The van der Waals surface area contributed by atoms with Crippen LogP contribution >= 0.6 is 0 Å². The third-order valence-corrected chi connectivity index (χ3v) is 3.96. The number of benzene rings is 2. The van der Waals surface area contributed by atoms with Gasteiger partial charge in [-0.15, -0.1) is 0 Å². The van der Waals surface area contributed by atoms with Crippen LogP contribution in [0.15, 0.2) is 54.1 Å². The van der Waals surface area contributed by atoms with Crippen LogP contribution in [0.4, 0.5) is 0 Å². The SMILES string of the molecule is CN(C)CCOc1ccc(C=C2Cc3ccccc3C2=O)cc1. The Kier molecular flexibility index (Phi) is 4.58. The molecule has 0 atom stereocenters. The topological polar surface area (TPSA) is 29.5 Å². The highest BCUT2D eigenvalue weighted by atomic mass is 16.5. The highest BCUT2D eigenvalue weighted by Crippen LogP contribution is 2.27. The molecule has 0 aromatic heterocycles. The van der Waals surface area contributed by atoms with E-state index in [2.05, 4.69) is 4.90 Å². The van der Waals surface area contributed by atoms with Gasteiger partial charge in [-0.25, -0.2) is 0 Å². The average molecular weight is 307 g/mol. The van der Waals surface area contributed by atoms with E-state index in [1.807, 2.05) is 68.7 Å². The third-order valence-electron chi connectivity index (χ3n) is 3.96. The van der Waals surface area contributed by atoms with Gasteiger partial charge in [-0.2, -0.15) is 0 Å². The van der Waals surface area contributed by atoms with Crippen LogP contribution < -0.4 is 4.74 Å². The largest absolute Gasteiger partial charge is 0.492 e. The number of hydrogen-bond acceptors (Lipinski definition) is 3. The number of likely N-dealkylation sites (N-methyl/N-ethyl adjacent to an activating group) is 1. The summed E-state index contributed by atoms with van der Waals surface area (Å²) in [6.45, 7) is 1.56. The molecule has 3 heteroatoms. The maximum atomic E-state index is 12.4. The van der Waals surface area contributed by atoms with Crippen molar-refractivity contribution in [2.75, 3.05) is 27.2 Å². The highest BCUT2D eigenvalue weighted by molar-refractivity contribution is 6.15. The molecule has 0 radical (unpaired) electrons. The van der Waals surface area contributed by atoms with Crippen LogP contribution in [-0.2, 0) is 6.42 Å². The molecule has 0 saturated carbocycles. The third kappa shape index (κ3) is 3.69. The predicted octanol–water partition coefficient (Wildman–Crippen LogP) is 3.45. The van der Waals surface area contributed by atoms with Crippen molar-refractivity contribution >= 4 is 11.9 Å². The second-order valence-corrected chi connectivity index (χ2v) is 6.05. The van der Waals surface area contributed by atoms with Gasteiger partial charge in [0, 0.05) is 24.1 Å². The number of ether oxygens (including phenoxy) is 1. The van der Waals surface area contributed by atoms with Crippen LogP contribution in [0.5, 0.6) is 5.75 Å². The Labute approximate surface area is 137 Å². The van der Waals surface area contributed by atoms with Crippen LogP contribution in [0.3, 0.4) is 0 Å². The predicted molar refractivity (Wildman–Crippen MR) is 92.9 cm³/mol. The maximum absolute atomic E-state index is 12.4. The summed E-state index contributed by atoms with van der Waals surface area (Å²) in [5, 5.41) is 0. The summed E-state index contributed by atoms with van der Waals surface area (Å²) in [7, 11) is 4.05. The number of rotatable bonds is 5. The van der Waals surface area contributed by atoms with E-state index >= 15 is 0 Å². The minimum Gasteiger partial charge on any atom is -0.492 e. The minimum atomic E-state index is 0.145. The fourth-order valence-corrected chi connectivity index (χ4v) is 2.68. The van der Waals surface area contributed by atoms with Gasteiger partial charge in [0.25, 0.3) is 0 Å². The zero-order valence-electron chi connectivity index (χ0n) is 13.6. The summed E-state index contributed by atoms with van der Waals surface area (Å²) in [6, 6.07) is 15.7. The molecule has 1 aliphatic carbocycles. The van der Waals surface area contributed by atoms with E-state index in [0.29, 0.717) is 6.61 Å². The molecule has 3 rings (SSSR count). The van der Waals surface area contributed by atoms with Gasteiger partial charge in [0.1, 0.15) is 12.4 Å². The molecule has 0 unspecified atom stereocenters. The number of fused-ring (bicyclic) bond motifs is 1. The lowest BCUT2D eigenvalue weighted by Gasteiger charge is -2.11. The maximum Gasteiger partial charge on any atom is 0.189 e. The molecule has 1 aliphatic rings. The van der Waals surface area contributed by atoms with E-state index in [1.165, 1.54) is 0 Å². The number of carbonyl (C=O) groups is 1. The lowest BCUT2D eigenvalue weighted by Crippen LogP contribution is -2.19. The molecule has 0 spiro atoms. The molecule has 0 bridgehead atoms. The van der Waals surface area contributed by atoms with E-state index in [9.17, 15) is 4.79 Å². The Morgan fingerprint density at radius 1 is 1.09 bits per heavy atom. The molecule has 0 N–H and O–H groups in total. The fraction of sp³-hybridized carbons (Fsp3) is 0.250. The zero-order valence-corrected chi connectivity index (χ0v) is 13.6. The Morgan fingerprint density at radius 2 is 1.83 bits per heavy atom. The molecule has 0 saturated heterocycles. The number of ketones is 1. The summed E-state index contributed by atoms with van der Waals surface area (Å²) in [6.07, 6.45) is 2.70. The molecule has 2 aromatic carbocycles. The number of hydrogen-bond donors (Lipinski definition) is 0. The normalized spacial score (nSPS) is 15.3. The molecular weight excluding hydrogens is 286 g/mol. The molecule has 0 aliphatic heterocycles. The molecule has 2 aromatic rings. The van der Waals surface area contributed by atoms with Gasteiger partial charge >= 0.3 is 0 Å². The summed E-state index contributed by atoms with van der Waals surface area (Å²) in [5.41, 5.74) is 3.84. The van der Waals surface area contributed by atoms with Gasteiger partial charge in [-0.3, -0.25) is 4.79 Å². The smallest absolute Gasteiger partial charge is 0.189 e. The molecule has 118 valence electrons. The average Bonchev–Trinajstić information content (AvgIpc) is 2.85. The lowest BCUT2D eigenvalue weighted by atomic mass is 10.1. The van der Waals surface area contributed by atoms with Gasteiger partial charge in [0.05, 0.1) is 0 Å². The molecule has 23 heavy (non-hydrogen) atoms. The van der Waals surface area contributed by atoms with Gasteiger partial charge in [0.2, 0.25) is 0 Å². The van der Waals surface area contributed by atoms with Gasteiger partial charge in [-0.05, 0) is 43.4 Å².